The van der Waals surface area contributed by atoms with E-state index in [0.717, 1.165) is 0 Å². The average Bonchev–Trinajstić information content (AvgIpc) is 3.04. The third-order valence-electron chi connectivity index (χ3n) is 3.72. The van der Waals surface area contributed by atoms with Gasteiger partial charge in [0.1, 0.15) is 36.4 Å². The highest BCUT2D eigenvalue weighted by atomic mass is 16.6. The Morgan fingerprint density at radius 2 is 2.24 bits per heavy atom. The number of hydrogen-bond donors (Lipinski definition) is 5. The van der Waals surface area contributed by atoms with E-state index in [2.05, 4.69) is 9.98 Å². The number of ether oxygens (including phenoxy) is 1. The lowest BCUT2D eigenvalue weighted by molar-refractivity contribution is -0.0192. The molecule has 0 radical (unpaired) electrons. The Morgan fingerprint density at radius 1 is 1.48 bits per heavy atom. The molecule has 5 atom stereocenters. The summed E-state index contributed by atoms with van der Waals surface area (Å²) in [4.78, 5) is 8.42. The quantitative estimate of drug-likeness (QED) is 0.428. The summed E-state index contributed by atoms with van der Waals surface area (Å²) in [6.45, 7) is -0.416. The fourth-order valence-corrected chi connectivity index (χ4v) is 2.61. The van der Waals surface area contributed by atoms with E-state index in [-0.39, 0.29) is 0 Å². The Labute approximate surface area is 119 Å². The normalized spacial score (nSPS) is 34.8. The van der Waals surface area contributed by atoms with Crippen LogP contribution in [0, 0.1) is 11.3 Å². The minimum Gasteiger partial charge on any atom is -0.394 e. The number of nitrogens with one attached hydrogen (secondary N) is 1. The average molecular weight is 293 g/mol. The number of anilines is 1. The first-order valence-electron chi connectivity index (χ1n) is 6.39. The van der Waals surface area contributed by atoms with Crippen LogP contribution in [0.2, 0.25) is 0 Å². The molecular formula is C12H15N5O4. The number of nitrogens with two attached hydrogens (primary N) is 1. The van der Waals surface area contributed by atoms with E-state index in [1.807, 2.05) is 6.07 Å². The van der Waals surface area contributed by atoms with Gasteiger partial charge in [-0.2, -0.15) is 5.26 Å². The molecule has 0 spiro atoms. The largest absolute Gasteiger partial charge is 0.394 e. The van der Waals surface area contributed by atoms with Crippen molar-refractivity contribution in [3.05, 3.63) is 17.3 Å². The molecule has 112 valence electrons. The number of fused-ring (bicyclic) bond motifs is 1. The van der Waals surface area contributed by atoms with Crippen LogP contribution < -0.4 is 10.6 Å². The first-order chi connectivity index (χ1) is 10.1. The van der Waals surface area contributed by atoms with Gasteiger partial charge in [-0.3, -0.25) is 9.89 Å². The van der Waals surface area contributed by atoms with Gasteiger partial charge in [0.05, 0.1) is 24.1 Å². The lowest BCUT2D eigenvalue weighted by Gasteiger charge is -2.31. The van der Waals surface area contributed by atoms with Gasteiger partial charge in [-0.15, -0.1) is 0 Å². The topological polar surface area (TPSA) is 151 Å². The van der Waals surface area contributed by atoms with E-state index in [1.165, 1.54) is 17.4 Å². The van der Waals surface area contributed by atoms with Crippen molar-refractivity contribution in [2.24, 2.45) is 10.7 Å². The zero-order valence-corrected chi connectivity index (χ0v) is 10.9. The molecule has 2 aliphatic rings. The summed E-state index contributed by atoms with van der Waals surface area (Å²) in [5.74, 6) is 0.476. The van der Waals surface area contributed by atoms with Crippen LogP contribution in [0.4, 0.5) is 5.82 Å². The molecule has 0 saturated carbocycles. The maximum absolute atomic E-state index is 10.1. The monoisotopic (exact) mass is 293 g/mol. The molecular weight excluding hydrogens is 278 g/mol. The maximum Gasteiger partial charge on any atom is 0.165 e. The summed E-state index contributed by atoms with van der Waals surface area (Å²) in [5, 5.41) is 38.1. The van der Waals surface area contributed by atoms with Crippen molar-refractivity contribution in [1.29, 1.82) is 5.26 Å². The zero-order chi connectivity index (χ0) is 15.1. The van der Waals surface area contributed by atoms with Gasteiger partial charge in [-0.1, -0.05) is 0 Å². The van der Waals surface area contributed by atoms with Crippen molar-refractivity contribution in [2.45, 2.75) is 30.7 Å². The lowest BCUT2D eigenvalue weighted by atomic mass is 10.1. The standard InChI is InChI=1S/C12H15N5O4/c13-1-5-2-15-11-7(5)10(14)16-4-17(11)12-9(20)8(19)6(3-18)21-12/h2,4,6,8-10,12,15,18-20H,3,14H2/t6-,8-,9-,10?,12-/m1/s1. The molecule has 3 rings (SSSR count). The van der Waals surface area contributed by atoms with Gasteiger partial charge in [0.25, 0.3) is 0 Å². The number of nitriles is 1. The van der Waals surface area contributed by atoms with Crippen LogP contribution in [0.25, 0.3) is 0 Å². The number of aromatic amines is 1. The minimum atomic E-state index is -1.23. The Hall–Kier alpha value is -1.96. The number of hydrogen-bond acceptors (Lipinski definition) is 8. The smallest absolute Gasteiger partial charge is 0.165 e. The van der Waals surface area contributed by atoms with E-state index >= 15 is 0 Å². The molecule has 0 bridgehead atoms. The molecule has 1 unspecified atom stereocenters. The molecule has 3 heterocycles. The van der Waals surface area contributed by atoms with E-state index in [0.29, 0.717) is 16.9 Å². The van der Waals surface area contributed by atoms with E-state index < -0.39 is 37.3 Å². The van der Waals surface area contributed by atoms with Crippen molar-refractivity contribution < 1.29 is 20.1 Å². The van der Waals surface area contributed by atoms with Crippen LogP contribution >= 0.6 is 0 Å². The maximum atomic E-state index is 10.1. The SMILES string of the molecule is N#Cc1c[nH]c2c1C(N)N=CN2[C@@H]1O[C@H](CO)[C@@H](O)[C@H]1O. The minimum absolute atomic E-state index is 0.353. The van der Waals surface area contributed by atoms with Crippen molar-refractivity contribution in [2.75, 3.05) is 11.5 Å². The van der Waals surface area contributed by atoms with Crippen molar-refractivity contribution >= 4 is 12.2 Å². The first-order valence-corrected chi connectivity index (χ1v) is 6.39. The second kappa shape index (κ2) is 5.10. The Balaban J connectivity index is 1.96. The number of aliphatic hydroxyl groups is 3. The number of aliphatic imine (C=N–C) groups is 1. The van der Waals surface area contributed by atoms with Crippen LogP contribution in [-0.4, -0.2) is 57.8 Å². The highest BCUT2D eigenvalue weighted by Gasteiger charge is 2.46. The van der Waals surface area contributed by atoms with Gasteiger partial charge >= 0.3 is 0 Å². The van der Waals surface area contributed by atoms with Crippen molar-refractivity contribution in [1.82, 2.24) is 4.98 Å². The van der Waals surface area contributed by atoms with Crippen LogP contribution in [0.1, 0.15) is 17.3 Å². The second-order valence-electron chi connectivity index (χ2n) is 4.92. The molecule has 1 saturated heterocycles. The predicted octanol–water partition coefficient (Wildman–Crippen LogP) is -1.87. The third kappa shape index (κ3) is 2.01. The van der Waals surface area contributed by atoms with Gasteiger partial charge in [-0.25, -0.2) is 0 Å². The fourth-order valence-electron chi connectivity index (χ4n) is 2.61. The highest BCUT2D eigenvalue weighted by Crippen LogP contribution is 2.35. The van der Waals surface area contributed by atoms with Crippen LogP contribution in [0.5, 0.6) is 0 Å². The van der Waals surface area contributed by atoms with Crippen molar-refractivity contribution in [3.8, 4) is 6.07 Å². The van der Waals surface area contributed by atoms with Gasteiger partial charge in [0, 0.05) is 6.20 Å². The zero-order valence-electron chi connectivity index (χ0n) is 10.9. The van der Waals surface area contributed by atoms with Crippen LogP contribution in [-0.2, 0) is 4.74 Å². The first kappa shape index (κ1) is 14.0. The number of aliphatic hydroxyl groups excluding tert-OH is 3. The molecule has 9 nitrogen and oxygen atoms in total. The van der Waals surface area contributed by atoms with Crippen molar-refractivity contribution in [3.63, 3.8) is 0 Å². The summed E-state index contributed by atoms with van der Waals surface area (Å²) in [6.07, 6.45) is -2.07. The van der Waals surface area contributed by atoms with Crippen LogP contribution in [0.3, 0.4) is 0 Å². The molecule has 0 amide bonds. The Morgan fingerprint density at radius 3 is 2.86 bits per heavy atom. The van der Waals surface area contributed by atoms with Gasteiger partial charge in [-0.05, 0) is 0 Å². The van der Waals surface area contributed by atoms with Gasteiger partial charge < -0.3 is 30.8 Å². The van der Waals surface area contributed by atoms with Gasteiger partial charge in [0.2, 0.25) is 0 Å². The fraction of sp³-hybridized carbons (Fsp3) is 0.500. The second-order valence-corrected chi connectivity index (χ2v) is 4.92. The number of rotatable bonds is 2. The molecule has 0 aliphatic carbocycles. The molecule has 1 aromatic heterocycles. The summed E-state index contributed by atoms with van der Waals surface area (Å²) >= 11 is 0. The third-order valence-corrected chi connectivity index (χ3v) is 3.72. The van der Waals surface area contributed by atoms with E-state index in [1.54, 1.807) is 0 Å². The molecule has 21 heavy (non-hydrogen) atoms. The predicted molar refractivity (Wildman–Crippen MR) is 71.2 cm³/mol. The highest BCUT2D eigenvalue weighted by molar-refractivity contribution is 5.83. The summed E-state index contributed by atoms with van der Waals surface area (Å²) in [5.41, 5.74) is 6.71. The molecule has 0 aromatic carbocycles. The van der Waals surface area contributed by atoms with Gasteiger partial charge in [0.15, 0.2) is 6.23 Å². The Kier molecular flexibility index (Phi) is 3.40. The molecule has 1 aromatic rings. The molecule has 6 N–H and O–H groups in total. The molecule has 2 aliphatic heterocycles. The molecule has 9 heteroatoms. The van der Waals surface area contributed by atoms with E-state index in [4.69, 9.17) is 20.8 Å². The number of H-pyrrole nitrogens is 1. The number of aromatic nitrogens is 1. The summed E-state index contributed by atoms with van der Waals surface area (Å²) in [7, 11) is 0. The molecule has 1 fully saturated rings. The summed E-state index contributed by atoms with van der Waals surface area (Å²) in [6, 6.07) is 2.01. The number of nitrogens with zero attached hydrogens (tertiary/aromatic N) is 3. The van der Waals surface area contributed by atoms with E-state index in [9.17, 15) is 10.2 Å². The van der Waals surface area contributed by atoms with Crippen LogP contribution in [0.15, 0.2) is 11.2 Å². The summed E-state index contributed by atoms with van der Waals surface area (Å²) < 4.78 is 5.45. The lowest BCUT2D eigenvalue weighted by Crippen LogP contribution is -2.45. The Bertz CT molecular complexity index is 609.